The van der Waals surface area contributed by atoms with Gasteiger partial charge in [0.25, 0.3) is 0 Å². The number of carbonyl (C=O) groups is 2. The van der Waals surface area contributed by atoms with E-state index in [1.807, 2.05) is 31.2 Å². The Hall–Kier alpha value is -2.32. The fourth-order valence-electron chi connectivity index (χ4n) is 12.1. The zero-order valence-corrected chi connectivity index (χ0v) is 42.2. The van der Waals surface area contributed by atoms with Gasteiger partial charge in [0.05, 0.1) is 5.60 Å². The lowest BCUT2D eigenvalue weighted by molar-refractivity contribution is -0.398. The van der Waals surface area contributed by atoms with Crippen LogP contribution < -0.4 is 0 Å². The maximum absolute atomic E-state index is 14.0. The van der Waals surface area contributed by atoms with E-state index in [9.17, 15) is 14.7 Å². The monoisotopic (exact) mass is 903 g/mol. The summed E-state index contributed by atoms with van der Waals surface area (Å²) in [6.07, 6.45) is 50.4. The van der Waals surface area contributed by atoms with E-state index in [1.165, 1.54) is 154 Å². The molecule has 0 spiro atoms. The van der Waals surface area contributed by atoms with Crippen molar-refractivity contribution in [2.45, 2.75) is 269 Å². The molecule has 7 nitrogen and oxygen atoms in total. The molecule has 2 aliphatic heterocycles. The van der Waals surface area contributed by atoms with Crippen molar-refractivity contribution in [2.75, 3.05) is 6.61 Å². The Bertz CT molecular complexity index is 1610. The fraction of sp³-hybridized carbons (Fsp3) is 0.793. The molecule has 1 N–H and O–H groups in total. The van der Waals surface area contributed by atoms with E-state index in [2.05, 4.69) is 39.5 Å². The van der Waals surface area contributed by atoms with Crippen molar-refractivity contribution in [1.82, 2.24) is 0 Å². The van der Waals surface area contributed by atoms with Gasteiger partial charge in [0, 0.05) is 30.8 Å². The van der Waals surface area contributed by atoms with Gasteiger partial charge in [0.1, 0.15) is 23.9 Å². The predicted molar refractivity (Wildman–Crippen MR) is 266 cm³/mol. The SMILES string of the molecule is C=C(C)[C@]12C[C@@H](C)[C@@]34O[C@](/C=C/C=C/CCCCCCCCC)(O[C@@H]1[C@@H]3C=C(COC(=O)CCCCCCCCCCCCCCCCCCCCCCC)C[C@]1(O)C(=O)C(C)=C[C@@H]41)O2. The molecule has 0 aromatic heterocycles. The number of carbonyl (C=O) groups excluding carboxylic acids is 2. The molecule has 3 aliphatic carbocycles. The molecule has 5 aliphatic rings. The molecule has 2 heterocycles. The summed E-state index contributed by atoms with van der Waals surface area (Å²) in [6.45, 7) is 14.9. The van der Waals surface area contributed by atoms with Crippen molar-refractivity contribution >= 4 is 11.8 Å². The zero-order chi connectivity index (χ0) is 46.6. The molecule has 5 rings (SSSR count). The standard InChI is InChI=1S/C58H94O7/c1-7-9-11-13-15-17-19-20-21-22-23-24-25-26-27-28-29-31-33-35-37-39-52(59)62-45-49-42-50-54-56(46(3)4)43-48(6)58(50,51-41-47(5)53(60)55(51,61)44-49)65-57(63-54,64-56)40-38-36-34-32-30-18-16-14-12-10-8-2/h34,36,38,40-42,48,50-51,54,61H,3,7-33,35,37,39,43-45H2,1-2,4-6H3/b36-34+,40-38+/t48-,50+,51-,54-,55-,56-,57-,58-/m1/s1. The highest BCUT2D eigenvalue weighted by Crippen LogP contribution is 2.68. The Labute approximate surface area is 397 Å². The second-order valence-electron chi connectivity index (χ2n) is 21.3. The third kappa shape index (κ3) is 14.1. The molecule has 8 atom stereocenters. The molecule has 0 aromatic rings. The number of allylic oxidation sites excluding steroid dienone is 3. The van der Waals surface area contributed by atoms with Crippen LogP contribution in [0.1, 0.15) is 240 Å². The number of unbranched alkanes of at least 4 members (excludes halogenated alkanes) is 27. The number of Topliss-reactive ketones (excluding diaryl/α,β-unsaturated/α-hetero) is 1. The molecule has 3 fully saturated rings. The summed E-state index contributed by atoms with van der Waals surface area (Å²) in [6, 6.07) is 0. The Morgan fingerprint density at radius 3 is 1.78 bits per heavy atom. The van der Waals surface area contributed by atoms with Crippen molar-refractivity contribution in [3.05, 3.63) is 59.8 Å². The lowest BCUT2D eigenvalue weighted by Gasteiger charge is -2.58. The first-order valence-corrected chi connectivity index (χ1v) is 27.4. The Kier molecular flexibility index (Phi) is 22.3. The number of rotatable bonds is 35. The lowest BCUT2D eigenvalue weighted by atomic mass is 9.55. The van der Waals surface area contributed by atoms with E-state index in [0.717, 1.165) is 37.7 Å². The van der Waals surface area contributed by atoms with Crippen molar-refractivity contribution < 1.29 is 33.6 Å². The van der Waals surface area contributed by atoms with Crippen molar-refractivity contribution in [3.8, 4) is 0 Å². The van der Waals surface area contributed by atoms with Crippen LogP contribution in [0.5, 0.6) is 0 Å². The van der Waals surface area contributed by atoms with Crippen molar-refractivity contribution in [1.29, 1.82) is 0 Å². The molecule has 0 aromatic carbocycles. The van der Waals surface area contributed by atoms with Gasteiger partial charge in [-0.25, -0.2) is 0 Å². The summed E-state index contributed by atoms with van der Waals surface area (Å²) in [7, 11) is 0. The normalized spacial score (nSPS) is 30.2. The van der Waals surface area contributed by atoms with Crippen LogP contribution in [0.15, 0.2) is 59.8 Å². The predicted octanol–water partition coefficient (Wildman–Crippen LogP) is 15.4. The van der Waals surface area contributed by atoms with E-state index in [4.69, 9.17) is 18.9 Å². The second-order valence-corrected chi connectivity index (χ2v) is 21.3. The minimum absolute atomic E-state index is 0.0165. The molecule has 3 bridgehead atoms. The number of hydrogen-bond donors (Lipinski definition) is 1. The van der Waals surface area contributed by atoms with Crippen LogP contribution in [0.25, 0.3) is 0 Å². The van der Waals surface area contributed by atoms with E-state index in [1.54, 1.807) is 6.92 Å². The van der Waals surface area contributed by atoms with Crippen LogP contribution in [-0.4, -0.2) is 52.3 Å². The first kappa shape index (κ1) is 53.6. The number of aliphatic hydroxyl groups is 1. The number of esters is 1. The Morgan fingerprint density at radius 1 is 0.754 bits per heavy atom. The first-order chi connectivity index (χ1) is 31.5. The second kappa shape index (κ2) is 27.0. The molecule has 7 heteroatoms. The zero-order valence-electron chi connectivity index (χ0n) is 42.2. The van der Waals surface area contributed by atoms with Crippen LogP contribution in [0.2, 0.25) is 0 Å². The number of ketones is 1. The van der Waals surface area contributed by atoms with E-state index in [-0.39, 0.29) is 36.6 Å². The van der Waals surface area contributed by atoms with E-state index < -0.39 is 34.8 Å². The third-order valence-corrected chi connectivity index (χ3v) is 15.8. The maximum Gasteiger partial charge on any atom is 0.306 e. The summed E-state index contributed by atoms with van der Waals surface area (Å²) < 4.78 is 26.9. The van der Waals surface area contributed by atoms with E-state index >= 15 is 0 Å². The van der Waals surface area contributed by atoms with Crippen molar-refractivity contribution in [3.63, 3.8) is 0 Å². The van der Waals surface area contributed by atoms with Gasteiger partial charge < -0.3 is 24.1 Å². The largest absolute Gasteiger partial charge is 0.461 e. The molecule has 0 radical (unpaired) electrons. The highest BCUT2D eigenvalue weighted by Gasteiger charge is 2.78. The maximum atomic E-state index is 14.0. The molecule has 65 heavy (non-hydrogen) atoms. The van der Waals surface area contributed by atoms with Crippen LogP contribution in [0.4, 0.5) is 0 Å². The van der Waals surface area contributed by atoms with Crippen LogP contribution in [-0.2, 0) is 28.5 Å². The summed E-state index contributed by atoms with van der Waals surface area (Å²) in [5, 5.41) is 12.6. The quantitative estimate of drug-likeness (QED) is 0.0293. The number of ether oxygens (including phenoxy) is 4. The third-order valence-electron chi connectivity index (χ3n) is 15.8. The average molecular weight is 903 g/mol. The fourth-order valence-corrected chi connectivity index (χ4v) is 12.1. The first-order valence-electron chi connectivity index (χ1n) is 27.4. The van der Waals surface area contributed by atoms with Crippen LogP contribution in [0.3, 0.4) is 0 Å². The van der Waals surface area contributed by atoms with Gasteiger partial charge in [-0.3, -0.25) is 9.59 Å². The van der Waals surface area contributed by atoms with E-state index in [0.29, 0.717) is 24.0 Å². The molecular formula is C58H94O7. The minimum Gasteiger partial charge on any atom is -0.461 e. The van der Waals surface area contributed by atoms with Crippen molar-refractivity contribution in [2.24, 2.45) is 17.8 Å². The molecular weight excluding hydrogens is 809 g/mol. The molecule has 0 unspecified atom stereocenters. The van der Waals surface area contributed by atoms with Crippen LogP contribution in [0, 0.1) is 17.8 Å². The minimum atomic E-state index is -1.74. The van der Waals surface area contributed by atoms with Gasteiger partial charge in [-0.15, -0.1) is 0 Å². The van der Waals surface area contributed by atoms with Gasteiger partial charge in [0.15, 0.2) is 5.78 Å². The summed E-state index contributed by atoms with van der Waals surface area (Å²) in [5.41, 5.74) is -1.47. The Morgan fingerprint density at radius 2 is 1.26 bits per heavy atom. The highest BCUT2D eigenvalue weighted by atomic mass is 16.9. The molecule has 1 saturated carbocycles. The van der Waals surface area contributed by atoms with Gasteiger partial charge in [-0.1, -0.05) is 225 Å². The molecule has 0 amide bonds. The molecule has 368 valence electrons. The smallest absolute Gasteiger partial charge is 0.306 e. The summed E-state index contributed by atoms with van der Waals surface area (Å²) >= 11 is 0. The number of fused-ring (bicyclic) bond motifs is 2. The molecule has 2 saturated heterocycles. The topological polar surface area (TPSA) is 91.3 Å². The van der Waals surface area contributed by atoms with Gasteiger partial charge in [-0.05, 0) is 62.2 Å². The average Bonchev–Trinajstić information content (AvgIpc) is 3.59. The summed E-state index contributed by atoms with van der Waals surface area (Å²) in [5.74, 6) is -3.17. The Balaban J connectivity index is 1.06. The van der Waals surface area contributed by atoms with Gasteiger partial charge >= 0.3 is 11.9 Å². The van der Waals surface area contributed by atoms with Gasteiger partial charge in [0.2, 0.25) is 0 Å². The lowest BCUT2D eigenvalue weighted by Crippen LogP contribution is -2.70. The highest BCUT2D eigenvalue weighted by molar-refractivity contribution is 6.04. The number of hydrogen-bond acceptors (Lipinski definition) is 7. The summed E-state index contributed by atoms with van der Waals surface area (Å²) in [4.78, 5) is 27.1. The van der Waals surface area contributed by atoms with Crippen LogP contribution >= 0.6 is 0 Å². The van der Waals surface area contributed by atoms with Gasteiger partial charge in [-0.2, -0.15) is 0 Å².